The molecule has 5 nitrogen and oxygen atoms in total. The highest BCUT2D eigenvalue weighted by Crippen LogP contribution is 2.17. The van der Waals surface area contributed by atoms with Crippen LogP contribution < -0.4 is 5.32 Å². The number of thiocarbonyl (C=S) groups is 1. The zero-order valence-electron chi connectivity index (χ0n) is 17.3. The highest BCUT2D eigenvalue weighted by Gasteiger charge is 2.23. The third-order valence-electron chi connectivity index (χ3n) is 5.87. The van der Waals surface area contributed by atoms with E-state index >= 15 is 0 Å². The Morgan fingerprint density at radius 2 is 1.89 bits per heavy atom. The molecule has 0 radical (unpaired) electrons. The lowest BCUT2D eigenvalue weighted by molar-refractivity contribution is -0.133. The molecular weight excluding hydrogens is 368 g/mol. The van der Waals surface area contributed by atoms with Gasteiger partial charge in [-0.1, -0.05) is 49.1 Å². The van der Waals surface area contributed by atoms with Gasteiger partial charge in [0.1, 0.15) is 0 Å². The summed E-state index contributed by atoms with van der Waals surface area (Å²) < 4.78 is 0. The maximum Gasteiger partial charge on any atom is 0.242 e. The number of amides is 1. The number of rotatable bonds is 5. The van der Waals surface area contributed by atoms with Gasteiger partial charge in [0, 0.05) is 45.8 Å². The number of hydrogen-bond acceptors (Lipinski definition) is 3. The quantitative estimate of drug-likeness (QED) is 0.767. The van der Waals surface area contributed by atoms with Crippen molar-refractivity contribution in [2.75, 3.05) is 39.8 Å². The molecule has 1 heterocycles. The van der Waals surface area contributed by atoms with Crippen LogP contribution in [0.5, 0.6) is 0 Å². The van der Waals surface area contributed by atoms with Crippen molar-refractivity contribution in [3.8, 4) is 0 Å². The van der Waals surface area contributed by atoms with Crippen molar-refractivity contribution in [2.24, 2.45) is 0 Å². The molecule has 28 heavy (non-hydrogen) atoms. The second kappa shape index (κ2) is 10.2. The Morgan fingerprint density at radius 1 is 1.18 bits per heavy atom. The van der Waals surface area contributed by atoms with Crippen LogP contribution in [0.25, 0.3) is 0 Å². The highest BCUT2D eigenvalue weighted by atomic mass is 32.1. The summed E-state index contributed by atoms with van der Waals surface area (Å²) in [6, 6.07) is 9.14. The summed E-state index contributed by atoms with van der Waals surface area (Å²) in [7, 11) is 1.92. The topological polar surface area (TPSA) is 38.8 Å². The van der Waals surface area contributed by atoms with E-state index in [1.54, 1.807) is 0 Å². The van der Waals surface area contributed by atoms with E-state index in [-0.39, 0.29) is 5.91 Å². The molecule has 0 atom stereocenters. The molecule has 0 bridgehead atoms. The number of nitrogens with one attached hydrogen (secondary N) is 1. The van der Waals surface area contributed by atoms with E-state index < -0.39 is 0 Å². The number of carbonyl (C=O) groups is 1. The van der Waals surface area contributed by atoms with E-state index in [1.165, 1.54) is 43.2 Å². The number of likely N-dealkylation sites (N-methyl/N-ethyl adjacent to an activating group) is 1. The van der Waals surface area contributed by atoms with Gasteiger partial charge in [-0.05, 0) is 37.5 Å². The molecule has 1 aliphatic carbocycles. The Morgan fingerprint density at radius 3 is 2.57 bits per heavy atom. The number of nitrogens with zero attached hydrogens (tertiary/aromatic N) is 3. The summed E-state index contributed by atoms with van der Waals surface area (Å²) in [6.07, 6.45) is 6.25. The highest BCUT2D eigenvalue weighted by molar-refractivity contribution is 7.80. The normalized spacial score (nSPS) is 18.7. The first-order valence-corrected chi connectivity index (χ1v) is 11.0. The van der Waals surface area contributed by atoms with Crippen molar-refractivity contribution in [3.63, 3.8) is 0 Å². The van der Waals surface area contributed by atoms with Crippen LogP contribution >= 0.6 is 12.2 Å². The van der Waals surface area contributed by atoms with Gasteiger partial charge in [-0.15, -0.1) is 0 Å². The third kappa shape index (κ3) is 6.17. The van der Waals surface area contributed by atoms with Gasteiger partial charge >= 0.3 is 0 Å². The summed E-state index contributed by atoms with van der Waals surface area (Å²) >= 11 is 5.52. The number of aryl methyl sites for hydroxylation is 1. The van der Waals surface area contributed by atoms with Crippen LogP contribution in [0, 0.1) is 6.92 Å². The van der Waals surface area contributed by atoms with Crippen LogP contribution in [0.15, 0.2) is 24.3 Å². The predicted octanol–water partition coefficient (Wildman–Crippen LogP) is 2.78. The number of hydrogen-bond donors (Lipinski definition) is 1. The first-order chi connectivity index (χ1) is 13.5. The maximum atomic E-state index is 12.7. The van der Waals surface area contributed by atoms with E-state index in [4.69, 9.17) is 12.2 Å². The van der Waals surface area contributed by atoms with Gasteiger partial charge in [0.05, 0.1) is 6.54 Å². The molecule has 2 aliphatic rings. The number of benzene rings is 1. The van der Waals surface area contributed by atoms with Crippen molar-refractivity contribution in [1.29, 1.82) is 0 Å². The minimum atomic E-state index is 0.172. The molecule has 2 fully saturated rings. The Balaban J connectivity index is 1.39. The molecular formula is C22H34N4OS. The van der Waals surface area contributed by atoms with Crippen LogP contribution in [0.4, 0.5) is 0 Å². The van der Waals surface area contributed by atoms with Crippen molar-refractivity contribution < 1.29 is 4.79 Å². The van der Waals surface area contributed by atoms with Crippen molar-refractivity contribution in [1.82, 2.24) is 20.0 Å². The molecule has 1 aromatic carbocycles. The van der Waals surface area contributed by atoms with Gasteiger partial charge in [-0.25, -0.2) is 0 Å². The predicted molar refractivity (Wildman–Crippen MR) is 118 cm³/mol. The monoisotopic (exact) mass is 402 g/mol. The average molecular weight is 403 g/mol. The molecule has 1 aromatic rings. The zero-order valence-corrected chi connectivity index (χ0v) is 18.1. The van der Waals surface area contributed by atoms with Crippen LogP contribution in [-0.4, -0.2) is 71.5 Å². The molecule has 3 rings (SSSR count). The third-order valence-corrected chi connectivity index (χ3v) is 6.30. The largest absolute Gasteiger partial charge is 0.360 e. The van der Waals surface area contributed by atoms with E-state index in [0.29, 0.717) is 17.7 Å². The van der Waals surface area contributed by atoms with Gasteiger partial charge in [0.25, 0.3) is 0 Å². The fraction of sp³-hybridized carbons (Fsp3) is 0.636. The second-order valence-electron chi connectivity index (χ2n) is 8.29. The molecule has 0 unspecified atom stereocenters. The molecule has 1 aliphatic heterocycles. The number of piperazine rings is 1. The fourth-order valence-corrected chi connectivity index (χ4v) is 4.36. The number of carbonyl (C=O) groups excluding carboxylic acids is 1. The van der Waals surface area contributed by atoms with E-state index in [9.17, 15) is 4.79 Å². The van der Waals surface area contributed by atoms with Crippen molar-refractivity contribution in [3.05, 3.63) is 35.4 Å². The minimum absolute atomic E-state index is 0.172. The summed E-state index contributed by atoms with van der Waals surface area (Å²) in [4.78, 5) is 19.0. The summed E-state index contributed by atoms with van der Waals surface area (Å²) in [6.45, 7) is 6.88. The lowest BCUT2D eigenvalue weighted by Gasteiger charge is -2.36. The first-order valence-electron chi connectivity index (χ1n) is 10.6. The molecule has 1 amide bonds. The first kappa shape index (κ1) is 21.1. The van der Waals surface area contributed by atoms with Crippen LogP contribution in [0.3, 0.4) is 0 Å². The average Bonchev–Trinajstić information content (AvgIpc) is 2.69. The van der Waals surface area contributed by atoms with Crippen LogP contribution in [0.2, 0.25) is 0 Å². The summed E-state index contributed by atoms with van der Waals surface area (Å²) in [5.74, 6) is 0.172. The van der Waals surface area contributed by atoms with E-state index in [1.807, 2.05) is 16.8 Å². The Bertz CT molecular complexity index is 666. The van der Waals surface area contributed by atoms with Gasteiger partial charge < -0.3 is 15.1 Å². The maximum absolute atomic E-state index is 12.7. The van der Waals surface area contributed by atoms with E-state index in [2.05, 4.69) is 41.4 Å². The zero-order chi connectivity index (χ0) is 19.9. The van der Waals surface area contributed by atoms with Crippen LogP contribution in [-0.2, 0) is 11.3 Å². The van der Waals surface area contributed by atoms with Gasteiger partial charge in [0.2, 0.25) is 5.91 Å². The molecule has 1 saturated carbocycles. The SMILES string of the molecule is Cc1cccc(CN2CCN(C(=O)CN(C)C(=S)NC3CCCCC3)CC2)c1. The van der Waals surface area contributed by atoms with Crippen LogP contribution in [0.1, 0.15) is 43.2 Å². The molecule has 0 aromatic heterocycles. The minimum Gasteiger partial charge on any atom is -0.360 e. The summed E-state index contributed by atoms with van der Waals surface area (Å²) in [5, 5.41) is 4.15. The molecule has 0 spiro atoms. The molecule has 6 heteroatoms. The van der Waals surface area contributed by atoms with Crippen molar-refractivity contribution >= 4 is 23.2 Å². The summed E-state index contributed by atoms with van der Waals surface area (Å²) in [5.41, 5.74) is 2.64. The van der Waals surface area contributed by atoms with Gasteiger partial charge in [0.15, 0.2) is 5.11 Å². The molecule has 1 saturated heterocycles. The molecule has 1 N–H and O–H groups in total. The lowest BCUT2D eigenvalue weighted by Crippen LogP contribution is -2.52. The standard InChI is InChI=1S/C22H34N4OS/c1-18-7-6-8-19(15-18)16-25-11-13-26(14-12-25)21(27)17-24(2)22(28)23-20-9-4-3-5-10-20/h6-8,15,20H,3-5,9-14,16-17H2,1-2H3,(H,23,28). The molecule has 154 valence electrons. The van der Waals surface area contributed by atoms with Gasteiger partial charge in [-0.3, -0.25) is 9.69 Å². The van der Waals surface area contributed by atoms with Gasteiger partial charge in [-0.2, -0.15) is 0 Å². The van der Waals surface area contributed by atoms with Crippen molar-refractivity contribution in [2.45, 2.75) is 51.6 Å². The Kier molecular flexibility index (Phi) is 7.68. The lowest BCUT2D eigenvalue weighted by atomic mass is 9.96. The van der Waals surface area contributed by atoms with E-state index in [0.717, 1.165) is 32.7 Å². The fourth-order valence-electron chi connectivity index (χ4n) is 4.13. The smallest absolute Gasteiger partial charge is 0.242 e. The second-order valence-corrected chi connectivity index (χ2v) is 8.67. The Hall–Kier alpha value is -1.66. The Labute approximate surface area is 175 Å².